The standard InChI is InChI=1S/C22H26N4O/c1-2-25-11-4-12-26(14-13-25)17-9-7-16(8-10-17)21-15-19-18(22(23)27)5-3-6-20(19)24-21/h3,5-10,15,24H,2,4,11-14H2,1H3,(H2,23,27). The number of carbonyl (C=O) groups is 1. The highest BCUT2D eigenvalue weighted by molar-refractivity contribution is 6.06. The molecule has 1 amide bonds. The molecule has 2 heterocycles. The van der Waals surface area contributed by atoms with Crippen LogP contribution in [0.15, 0.2) is 48.5 Å². The molecular weight excluding hydrogens is 336 g/mol. The van der Waals surface area contributed by atoms with Crippen LogP contribution in [0.2, 0.25) is 0 Å². The molecule has 3 N–H and O–H groups in total. The van der Waals surface area contributed by atoms with Gasteiger partial charge in [-0.1, -0.05) is 25.1 Å². The number of anilines is 1. The molecule has 0 bridgehead atoms. The number of fused-ring (bicyclic) bond motifs is 1. The van der Waals surface area contributed by atoms with E-state index in [1.54, 1.807) is 6.07 Å². The number of nitrogens with one attached hydrogen (secondary N) is 1. The first kappa shape index (κ1) is 17.6. The predicted octanol–water partition coefficient (Wildman–Crippen LogP) is 3.47. The number of hydrogen-bond donors (Lipinski definition) is 2. The molecule has 140 valence electrons. The van der Waals surface area contributed by atoms with Crippen LogP contribution in [0.1, 0.15) is 23.7 Å². The van der Waals surface area contributed by atoms with E-state index in [1.807, 2.05) is 18.2 Å². The van der Waals surface area contributed by atoms with Gasteiger partial charge in [-0.05, 0) is 55.4 Å². The molecule has 27 heavy (non-hydrogen) atoms. The summed E-state index contributed by atoms with van der Waals surface area (Å²) in [6.07, 6.45) is 1.20. The summed E-state index contributed by atoms with van der Waals surface area (Å²) in [4.78, 5) is 20.0. The molecule has 0 unspecified atom stereocenters. The molecule has 5 nitrogen and oxygen atoms in total. The fraction of sp³-hybridized carbons (Fsp3) is 0.318. The summed E-state index contributed by atoms with van der Waals surface area (Å²) in [6, 6.07) is 16.3. The van der Waals surface area contributed by atoms with Crippen molar-refractivity contribution in [2.24, 2.45) is 5.73 Å². The van der Waals surface area contributed by atoms with Gasteiger partial charge in [-0.3, -0.25) is 4.79 Å². The third kappa shape index (κ3) is 3.55. The molecule has 1 fully saturated rings. The quantitative estimate of drug-likeness (QED) is 0.747. The summed E-state index contributed by atoms with van der Waals surface area (Å²) in [6.45, 7) is 7.83. The maximum atomic E-state index is 11.7. The van der Waals surface area contributed by atoms with E-state index in [2.05, 4.69) is 46.0 Å². The van der Waals surface area contributed by atoms with E-state index in [9.17, 15) is 4.79 Å². The third-order valence-electron chi connectivity index (χ3n) is 5.51. The molecule has 3 aromatic rings. The first-order valence-corrected chi connectivity index (χ1v) is 9.65. The van der Waals surface area contributed by atoms with Gasteiger partial charge >= 0.3 is 0 Å². The number of aromatic amines is 1. The zero-order chi connectivity index (χ0) is 18.8. The number of H-pyrrole nitrogens is 1. The smallest absolute Gasteiger partial charge is 0.249 e. The van der Waals surface area contributed by atoms with Crippen molar-refractivity contribution in [2.75, 3.05) is 37.6 Å². The highest BCUT2D eigenvalue weighted by Crippen LogP contribution is 2.28. The summed E-state index contributed by atoms with van der Waals surface area (Å²) in [5, 5.41) is 0.872. The average molecular weight is 362 g/mol. The molecule has 1 aliphatic rings. The molecule has 2 aromatic carbocycles. The number of primary amides is 1. The second-order valence-corrected chi connectivity index (χ2v) is 7.14. The van der Waals surface area contributed by atoms with Crippen molar-refractivity contribution in [3.05, 3.63) is 54.1 Å². The Bertz CT molecular complexity index is 945. The highest BCUT2D eigenvalue weighted by Gasteiger charge is 2.15. The summed E-state index contributed by atoms with van der Waals surface area (Å²) in [7, 11) is 0. The molecule has 0 saturated carbocycles. The third-order valence-corrected chi connectivity index (χ3v) is 5.51. The largest absolute Gasteiger partial charge is 0.370 e. The predicted molar refractivity (Wildman–Crippen MR) is 111 cm³/mol. The van der Waals surface area contributed by atoms with Gasteiger partial charge in [-0.25, -0.2) is 0 Å². The number of likely N-dealkylation sites (N-methyl/N-ethyl adjacent to an activating group) is 1. The van der Waals surface area contributed by atoms with Crippen LogP contribution in [0, 0.1) is 0 Å². The van der Waals surface area contributed by atoms with Crippen LogP contribution >= 0.6 is 0 Å². The molecular formula is C22H26N4O. The lowest BCUT2D eigenvalue weighted by atomic mass is 10.1. The zero-order valence-electron chi connectivity index (χ0n) is 15.7. The molecule has 4 rings (SSSR count). The SMILES string of the molecule is CCN1CCCN(c2ccc(-c3cc4c(C(N)=O)cccc4[nH]3)cc2)CC1. The van der Waals surface area contributed by atoms with Crippen molar-refractivity contribution in [3.63, 3.8) is 0 Å². The van der Waals surface area contributed by atoms with E-state index < -0.39 is 5.91 Å². The van der Waals surface area contributed by atoms with Gasteiger partial charge in [0, 0.05) is 47.5 Å². The van der Waals surface area contributed by atoms with Gasteiger partial charge in [0.05, 0.1) is 0 Å². The number of carbonyl (C=O) groups excluding carboxylic acids is 1. The van der Waals surface area contributed by atoms with E-state index in [1.165, 1.54) is 18.7 Å². The minimum atomic E-state index is -0.399. The molecule has 1 aromatic heterocycles. The topological polar surface area (TPSA) is 65.4 Å². The van der Waals surface area contributed by atoms with Gasteiger partial charge in [-0.2, -0.15) is 0 Å². The van der Waals surface area contributed by atoms with Gasteiger partial charge < -0.3 is 20.5 Å². The first-order chi connectivity index (χ1) is 13.2. The zero-order valence-corrected chi connectivity index (χ0v) is 15.7. The Balaban J connectivity index is 1.58. The summed E-state index contributed by atoms with van der Waals surface area (Å²) in [5.74, 6) is -0.399. The number of amides is 1. The molecule has 5 heteroatoms. The van der Waals surface area contributed by atoms with Crippen LogP contribution in [0.3, 0.4) is 0 Å². The summed E-state index contributed by atoms with van der Waals surface area (Å²) < 4.78 is 0. The Morgan fingerprint density at radius 1 is 1.07 bits per heavy atom. The maximum absolute atomic E-state index is 11.7. The van der Waals surface area contributed by atoms with Crippen molar-refractivity contribution in [3.8, 4) is 11.3 Å². The summed E-state index contributed by atoms with van der Waals surface area (Å²) in [5.41, 5.74) is 10.4. The van der Waals surface area contributed by atoms with Crippen LogP contribution in [0.5, 0.6) is 0 Å². The molecule has 0 atom stereocenters. The van der Waals surface area contributed by atoms with Gasteiger partial charge in [-0.15, -0.1) is 0 Å². The fourth-order valence-electron chi connectivity index (χ4n) is 3.92. The van der Waals surface area contributed by atoms with Crippen LogP contribution in [-0.4, -0.2) is 48.5 Å². The van der Waals surface area contributed by atoms with Crippen molar-refractivity contribution in [1.29, 1.82) is 0 Å². The minimum absolute atomic E-state index is 0.399. The Morgan fingerprint density at radius 2 is 1.89 bits per heavy atom. The van der Waals surface area contributed by atoms with Crippen molar-refractivity contribution in [1.82, 2.24) is 9.88 Å². The number of nitrogens with zero attached hydrogens (tertiary/aromatic N) is 2. The average Bonchev–Trinajstić information content (AvgIpc) is 2.98. The minimum Gasteiger partial charge on any atom is -0.370 e. The van der Waals surface area contributed by atoms with Crippen LogP contribution < -0.4 is 10.6 Å². The summed E-state index contributed by atoms with van der Waals surface area (Å²) >= 11 is 0. The van der Waals surface area contributed by atoms with Crippen molar-refractivity contribution < 1.29 is 4.79 Å². The Kier molecular flexibility index (Phi) is 4.86. The van der Waals surface area contributed by atoms with Crippen molar-refractivity contribution in [2.45, 2.75) is 13.3 Å². The number of rotatable bonds is 4. The maximum Gasteiger partial charge on any atom is 0.249 e. The van der Waals surface area contributed by atoms with E-state index in [0.717, 1.165) is 48.3 Å². The molecule has 0 aliphatic carbocycles. The number of aromatic nitrogens is 1. The first-order valence-electron chi connectivity index (χ1n) is 9.65. The van der Waals surface area contributed by atoms with Gasteiger partial charge in [0.25, 0.3) is 0 Å². The van der Waals surface area contributed by atoms with Crippen LogP contribution in [0.25, 0.3) is 22.2 Å². The van der Waals surface area contributed by atoms with Gasteiger partial charge in [0.1, 0.15) is 0 Å². The lowest BCUT2D eigenvalue weighted by molar-refractivity contribution is 0.100. The normalized spacial score (nSPS) is 15.8. The number of nitrogens with two attached hydrogens (primary N) is 1. The molecule has 1 saturated heterocycles. The number of benzene rings is 2. The lowest BCUT2D eigenvalue weighted by Gasteiger charge is -2.23. The van der Waals surface area contributed by atoms with E-state index >= 15 is 0 Å². The molecule has 1 aliphatic heterocycles. The van der Waals surface area contributed by atoms with Crippen molar-refractivity contribution >= 4 is 22.5 Å². The van der Waals surface area contributed by atoms with Crippen LogP contribution in [-0.2, 0) is 0 Å². The van der Waals surface area contributed by atoms with E-state index in [-0.39, 0.29) is 0 Å². The number of hydrogen-bond acceptors (Lipinski definition) is 3. The van der Waals surface area contributed by atoms with Crippen LogP contribution in [0.4, 0.5) is 5.69 Å². The molecule has 0 spiro atoms. The van der Waals surface area contributed by atoms with E-state index in [0.29, 0.717) is 5.56 Å². The second kappa shape index (κ2) is 7.45. The van der Waals surface area contributed by atoms with Gasteiger partial charge in [0.15, 0.2) is 0 Å². The lowest BCUT2D eigenvalue weighted by Crippen LogP contribution is -2.30. The van der Waals surface area contributed by atoms with E-state index in [4.69, 9.17) is 5.73 Å². The highest BCUT2D eigenvalue weighted by atomic mass is 16.1. The molecule has 0 radical (unpaired) electrons. The Morgan fingerprint density at radius 3 is 2.63 bits per heavy atom. The van der Waals surface area contributed by atoms with Gasteiger partial charge in [0.2, 0.25) is 5.91 Å². The fourth-order valence-corrected chi connectivity index (χ4v) is 3.92. The Hall–Kier alpha value is -2.79. The monoisotopic (exact) mass is 362 g/mol. The second-order valence-electron chi connectivity index (χ2n) is 7.14. The Labute approximate surface area is 159 Å².